The van der Waals surface area contributed by atoms with Gasteiger partial charge in [0, 0.05) is 37.2 Å². The molecule has 2 heterocycles. The summed E-state index contributed by atoms with van der Waals surface area (Å²) in [5, 5.41) is 16.1. The molecule has 0 spiro atoms. The number of nitrogens with zero attached hydrogens (tertiary/aromatic N) is 3. The first kappa shape index (κ1) is 14.0. The fraction of sp³-hybridized carbons (Fsp3) is 0.500. The maximum Gasteiger partial charge on any atom is 0.272 e. The van der Waals surface area contributed by atoms with Crippen molar-refractivity contribution in [2.75, 3.05) is 6.61 Å². The van der Waals surface area contributed by atoms with Crippen molar-refractivity contribution in [2.45, 2.75) is 37.8 Å². The largest absolute Gasteiger partial charge is 0.396 e. The molecule has 4 N–H and O–H groups in total. The van der Waals surface area contributed by atoms with Crippen LogP contribution in [0.2, 0.25) is 0 Å². The van der Waals surface area contributed by atoms with Gasteiger partial charge < -0.3 is 16.2 Å². The van der Waals surface area contributed by atoms with Gasteiger partial charge in [0.25, 0.3) is 5.91 Å². The average molecular weight is 289 g/mol. The van der Waals surface area contributed by atoms with Gasteiger partial charge in [-0.2, -0.15) is 5.10 Å². The Morgan fingerprint density at radius 3 is 3.10 bits per heavy atom. The highest BCUT2D eigenvalue weighted by molar-refractivity contribution is 5.93. The zero-order valence-electron chi connectivity index (χ0n) is 11.7. The van der Waals surface area contributed by atoms with Gasteiger partial charge in [0.1, 0.15) is 0 Å². The number of carbonyl (C=O) groups is 1. The predicted octanol–water partition coefficient (Wildman–Crippen LogP) is -0.126. The van der Waals surface area contributed by atoms with E-state index in [1.54, 1.807) is 23.0 Å². The van der Waals surface area contributed by atoms with Gasteiger partial charge in [-0.3, -0.25) is 4.79 Å². The lowest BCUT2D eigenvalue weighted by Gasteiger charge is -2.10. The molecule has 1 aliphatic carbocycles. The molecular formula is C14H19N5O2. The number of carbonyl (C=O) groups excluding carboxylic acids is 1. The van der Waals surface area contributed by atoms with E-state index in [1.807, 2.05) is 0 Å². The second-order valence-corrected chi connectivity index (χ2v) is 5.51. The Kier molecular flexibility index (Phi) is 3.85. The Labute approximate surface area is 122 Å². The molecule has 1 amide bonds. The monoisotopic (exact) mass is 289 g/mol. The second-order valence-electron chi connectivity index (χ2n) is 5.51. The number of nitrogens with one attached hydrogen (secondary N) is 1. The van der Waals surface area contributed by atoms with Gasteiger partial charge in [-0.05, 0) is 31.2 Å². The molecule has 2 aromatic rings. The van der Waals surface area contributed by atoms with E-state index in [0.717, 1.165) is 24.8 Å². The summed E-state index contributed by atoms with van der Waals surface area (Å²) >= 11 is 0. The Bertz CT molecular complexity index is 654. The van der Waals surface area contributed by atoms with E-state index in [4.69, 9.17) is 10.8 Å². The van der Waals surface area contributed by atoms with Gasteiger partial charge in [-0.25, -0.2) is 9.50 Å². The van der Waals surface area contributed by atoms with Crippen LogP contribution in [-0.4, -0.2) is 44.3 Å². The summed E-state index contributed by atoms with van der Waals surface area (Å²) in [6.07, 6.45) is 6.66. The van der Waals surface area contributed by atoms with Crippen LogP contribution in [0.5, 0.6) is 0 Å². The lowest BCUT2D eigenvalue weighted by atomic mass is 10.2. The Morgan fingerprint density at radius 1 is 1.52 bits per heavy atom. The molecule has 0 unspecified atom stereocenters. The van der Waals surface area contributed by atoms with E-state index in [0.29, 0.717) is 17.8 Å². The number of rotatable bonds is 4. The smallest absolute Gasteiger partial charge is 0.272 e. The standard InChI is InChI=1S/C14H19N5O2/c15-10-1-2-11(5-10)17-14(21)12-6-13-16-7-9(3-4-20)8-19(13)18-12/h6-8,10-11,20H,1-5,15H2,(H,17,21)/t10-,11-/m0/s1. The SMILES string of the molecule is N[C@H]1CC[C@H](NC(=O)c2cc3ncc(CCO)cn3n2)C1. The average Bonchev–Trinajstić information content (AvgIpc) is 3.05. The first-order valence-electron chi connectivity index (χ1n) is 7.17. The topological polar surface area (TPSA) is 106 Å². The molecule has 2 atom stereocenters. The van der Waals surface area contributed by atoms with Crippen molar-refractivity contribution in [2.24, 2.45) is 5.73 Å². The van der Waals surface area contributed by atoms with Gasteiger partial charge in [0.2, 0.25) is 0 Å². The highest BCUT2D eigenvalue weighted by Gasteiger charge is 2.24. The number of hydrogen-bond donors (Lipinski definition) is 3. The van der Waals surface area contributed by atoms with Crippen LogP contribution < -0.4 is 11.1 Å². The minimum atomic E-state index is -0.191. The summed E-state index contributed by atoms with van der Waals surface area (Å²) in [7, 11) is 0. The molecule has 1 fully saturated rings. The van der Waals surface area contributed by atoms with Crippen molar-refractivity contribution < 1.29 is 9.90 Å². The zero-order valence-corrected chi connectivity index (χ0v) is 11.7. The fourth-order valence-electron chi connectivity index (χ4n) is 2.69. The van der Waals surface area contributed by atoms with Crippen LogP contribution in [0.25, 0.3) is 5.65 Å². The molecule has 21 heavy (non-hydrogen) atoms. The maximum atomic E-state index is 12.2. The quantitative estimate of drug-likeness (QED) is 0.727. The summed E-state index contributed by atoms with van der Waals surface area (Å²) < 4.78 is 1.57. The van der Waals surface area contributed by atoms with Crippen molar-refractivity contribution in [3.8, 4) is 0 Å². The van der Waals surface area contributed by atoms with Gasteiger partial charge >= 0.3 is 0 Å². The molecule has 0 saturated heterocycles. The molecule has 1 saturated carbocycles. The minimum Gasteiger partial charge on any atom is -0.396 e. The van der Waals surface area contributed by atoms with E-state index >= 15 is 0 Å². The van der Waals surface area contributed by atoms with Crippen molar-refractivity contribution in [3.05, 3.63) is 29.7 Å². The normalized spacial score (nSPS) is 21.8. The number of aliphatic hydroxyl groups excluding tert-OH is 1. The van der Waals surface area contributed by atoms with Crippen LogP contribution in [0.4, 0.5) is 0 Å². The number of fused-ring (bicyclic) bond motifs is 1. The fourth-order valence-corrected chi connectivity index (χ4v) is 2.69. The third-order valence-electron chi connectivity index (χ3n) is 3.81. The summed E-state index contributed by atoms with van der Waals surface area (Å²) in [6.45, 7) is 0.0593. The molecule has 0 aromatic carbocycles. The highest BCUT2D eigenvalue weighted by atomic mass is 16.3. The minimum absolute atomic E-state index is 0.0593. The van der Waals surface area contributed by atoms with Crippen molar-refractivity contribution in [1.82, 2.24) is 19.9 Å². The number of aliphatic hydroxyl groups is 1. The first-order chi connectivity index (χ1) is 10.2. The number of amides is 1. The number of aromatic nitrogens is 3. The Morgan fingerprint density at radius 2 is 2.38 bits per heavy atom. The summed E-state index contributed by atoms with van der Waals surface area (Å²) in [4.78, 5) is 16.4. The van der Waals surface area contributed by atoms with E-state index in [-0.39, 0.29) is 24.6 Å². The van der Waals surface area contributed by atoms with Gasteiger partial charge in [-0.1, -0.05) is 0 Å². The summed E-state index contributed by atoms with van der Waals surface area (Å²) in [6, 6.07) is 1.97. The molecule has 1 aliphatic rings. The van der Waals surface area contributed by atoms with Gasteiger partial charge in [-0.15, -0.1) is 0 Å². The number of hydrogen-bond acceptors (Lipinski definition) is 5. The van der Waals surface area contributed by atoms with Crippen LogP contribution in [0, 0.1) is 0 Å². The third kappa shape index (κ3) is 3.03. The molecule has 7 nitrogen and oxygen atoms in total. The molecule has 7 heteroatoms. The highest BCUT2D eigenvalue weighted by Crippen LogP contribution is 2.17. The molecule has 2 aromatic heterocycles. The third-order valence-corrected chi connectivity index (χ3v) is 3.81. The Hall–Kier alpha value is -1.99. The van der Waals surface area contributed by atoms with Crippen LogP contribution in [-0.2, 0) is 6.42 Å². The second kappa shape index (κ2) is 5.79. The van der Waals surface area contributed by atoms with Crippen LogP contribution in [0.3, 0.4) is 0 Å². The molecule has 0 bridgehead atoms. The lowest BCUT2D eigenvalue weighted by Crippen LogP contribution is -2.34. The van der Waals surface area contributed by atoms with E-state index < -0.39 is 0 Å². The van der Waals surface area contributed by atoms with E-state index in [1.165, 1.54) is 0 Å². The zero-order chi connectivity index (χ0) is 14.8. The molecule has 0 aliphatic heterocycles. The van der Waals surface area contributed by atoms with E-state index in [2.05, 4.69) is 15.4 Å². The number of nitrogens with two attached hydrogens (primary N) is 1. The Balaban J connectivity index is 1.75. The van der Waals surface area contributed by atoms with Crippen LogP contribution >= 0.6 is 0 Å². The van der Waals surface area contributed by atoms with Crippen molar-refractivity contribution in [3.63, 3.8) is 0 Å². The van der Waals surface area contributed by atoms with Crippen LogP contribution in [0.1, 0.15) is 35.3 Å². The molecule has 112 valence electrons. The first-order valence-corrected chi connectivity index (χ1v) is 7.17. The van der Waals surface area contributed by atoms with Crippen molar-refractivity contribution in [1.29, 1.82) is 0 Å². The molecule has 0 radical (unpaired) electrons. The maximum absolute atomic E-state index is 12.2. The lowest BCUT2D eigenvalue weighted by molar-refractivity contribution is 0.0932. The molecule has 3 rings (SSSR count). The van der Waals surface area contributed by atoms with Gasteiger partial charge in [0.05, 0.1) is 0 Å². The summed E-state index contributed by atoms with van der Waals surface area (Å²) in [5.74, 6) is -0.191. The van der Waals surface area contributed by atoms with Crippen molar-refractivity contribution >= 4 is 11.6 Å². The summed E-state index contributed by atoms with van der Waals surface area (Å²) in [5.41, 5.74) is 7.69. The van der Waals surface area contributed by atoms with E-state index in [9.17, 15) is 4.79 Å². The van der Waals surface area contributed by atoms with Crippen LogP contribution in [0.15, 0.2) is 18.5 Å². The molecular weight excluding hydrogens is 270 g/mol. The van der Waals surface area contributed by atoms with Gasteiger partial charge in [0.15, 0.2) is 11.3 Å². The predicted molar refractivity (Wildman–Crippen MR) is 76.9 cm³/mol.